The van der Waals surface area contributed by atoms with Gasteiger partial charge in [-0.2, -0.15) is 0 Å². The van der Waals surface area contributed by atoms with Crippen LogP contribution >= 0.6 is 0 Å². The van der Waals surface area contributed by atoms with Gasteiger partial charge in [0, 0.05) is 0 Å². The molecule has 0 radical (unpaired) electrons. The fourth-order valence-corrected chi connectivity index (χ4v) is 16.0. The Labute approximate surface area is 261 Å². The van der Waals surface area contributed by atoms with Crippen molar-refractivity contribution in [2.45, 2.75) is 108 Å². The second-order valence-electron chi connectivity index (χ2n) is 15.2. The second-order valence-corrected chi connectivity index (χ2v) is 29.2. The summed E-state index contributed by atoms with van der Waals surface area (Å²) < 4.78 is 0. The Balaban J connectivity index is 2.36. The summed E-state index contributed by atoms with van der Waals surface area (Å²) >= 11 is 0. The van der Waals surface area contributed by atoms with Gasteiger partial charge in [0.1, 0.15) is 0 Å². The lowest BCUT2D eigenvalue weighted by atomic mass is 10.1. The first-order valence-corrected chi connectivity index (χ1v) is 25.2. The van der Waals surface area contributed by atoms with Gasteiger partial charge < -0.3 is 0 Å². The van der Waals surface area contributed by atoms with Crippen LogP contribution in [-0.4, -0.2) is 24.2 Å². The molecule has 0 spiro atoms. The van der Waals surface area contributed by atoms with Gasteiger partial charge in [0.05, 0.1) is 16.1 Å². The van der Waals surface area contributed by atoms with Gasteiger partial charge in [0.15, 0.2) is 8.07 Å². The second kappa shape index (κ2) is 11.7. The topological polar surface area (TPSA) is 0 Å². The molecule has 224 valence electrons. The summed E-state index contributed by atoms with van der Waals surface area (Å²) in [5.41, 5.74) is 10.3. The summed E-state index contributed by atoms with van der Waals surface area (Å²) in [5, 5.41) is 9.71. The minimum absolute atomic E-state index is 0.429. The van der Waals surface area contributed by atoms with E-state index in [1.165, 1.54) is 27.8 Å². The highest BCUT2D eigenvalue weighted by molar-refractivity contribution is 7.16. The Morgan fingerprint density at radius 2 is 0.905 bits per heavy atom. The molecule has 0 fully saturated rings. The molecule has 3 heteroatoms. The molecule has 4 rings (SSSR count). The molecular weight excluding hydrogens is 553 g/mol. The molecule has 0 nitrogen and oxygen atoms in total. The average Bonchev–Trinajstić information content (AvgIpc) is 3.10. The third kappa shape index (κ3) is 5.81. The molecule has 0 aliphatic heterocycles. The minimum Gasteiger partial charge on any atom is -0.0656 e. The molecule has 0 saturated carbocycles. The van der Waals surface area contributed by atoms with Crippen molar-refractivity contribution in [1.29, 1.82) is 0 Å². The fraction of sp³-hybridized carbons (Fsp3) is 0.436. The third-order valence-corrected chi connectivity index (χ3v) is 19.2. The predicted octanol–water partition coefficient (Wildman–Crippen LogP) is 7.83. The van der Waals surface area contributed by atoms with Crippen LogP contribution in [-0.2, 0) is 12.8 Å². The monoisotopic (exact) mass is 608 g/mol. The van der Waals surface area contributed by atoms with E-state index < -0.39 is 24.2 Å². The van der Waals surface area contributed by atoms with Gasteiger partial charge in [-0.3, -0.25) is 0 Å². The quantitative estimate of drug-likeness (QED) is 0.181. The summed E-state index contributed by atoms with van der Waals surface area (Å²) in [7, 11) is -5.89. The standard InChI is InChI=1S/C39H56Si3/c1-15-32-20-33(16-2)22-37(21-32)42(36-18-26(3)17-27(4)19-36,39-30(7)28(5)29(6)31(39)8)38-24-34(40(9,10)11)23-35(25-38)41(12,13)14/h17-25,30H,15-16H2,1-14H3. The average molecular weight is 609 g/mol. The van der Waals surface area contributed by atoms with Crippen molar-refractivity contribution in [3.05, 3.63) is 98.8 Å². The van der Waals surface area contributed by atoms with E-state index in [0.29, 0.717) is 5.92 Å². The van der Waals surface area contributed by atoms with E-state index in [1.807, 2.05) is 0 Å². The number of benzene rings is 3. The lowest BCUT2D eigenvalue weighted by Gasteiger charge is -2.41. The van der Waals surface area contributed by atoms with E-state index in [9.17, 15) is 0 Å². The molecule has 3 aromatic rings. The molecule has 42 heavy (non-hydrogen) atoms. The lowest BCUT2D eigenvalue weighted by Crippen LogP contribution is -2.71. The Hall–Kier alpha value is -2.21. The van der Waals surface area contributed by atoms with Gasteiger partial charge in [-0.25, -0.2) is 0 Å². The van der Waals surface area contributed by atoms with Crippen LogP contribution in [0.25, 0.3) is 0 Å². The van der Waals surface area contributed by atoms with Crippen molar-refractivity contribution < 1.29 is 0 Å². The number of hydrogen-bond acceptors (Lipinski definition) is 0. The van der Waals surface area contributed by atoms with Gasteiger partial charge in [0.2, 0.25) is 0 Å². The number of rotatable bonds is 8. The van der Waals surface area contributed by atoms with Gasteiger partial charge in [-0.05, 0) is 85.6 Å². The maximum atomic E-state index is 2.71. The predicted molar refractivity (Wildman–Crippen MR) is 198 cm³/mol. The molecular formula is C39H56Si3. The van der Waals surface area contributed by atoms with Crippen LogP contribution in [0.3, 0.4) is 0 Å². The molecule has 0 bridgehead atoms. The molecule has 0 N–H and O–H groups in total. The minimum atomic E-state index is -2.70. The van der Waals surface area contributed by atoms with Crippen LogP contribution in [0.1, 0.15) is 63.8 Å². The SMILES string of the molecule is CCc1cc(CC)cc([Si](C2=C(C)C(C)=C(C)C2C)(c2cc(C)cc(C)c2)c2cc([Si](C)(C)C)cc([Si](C)(C)C)c2)c1. The molecule has 0 aromatic heterocycles. The van der Waals surface area contributed by atoms with Gasteiger partial charge in [0.25, 0.3) is 0 Å². The zero-order valence-electron chi connectivity index (χ0n) is 29.2. The zero-order chi connectivity index (χ0) is 31.4. The fourth-order valence-electron chi connectivity index (χ4n) is 7.22. The third-order valence-electron chi connectivity index (χ3n) is 10.1. The van der Waals surface area contributed by atoms with Crippen LogP contribution in [0.15, 0.2) is 76.5 Å². The van der Waals surface area contributed by atoms with E-state index in [4.69, 9.17) is 0 Å². The van der Waals surface area contributed by atoms with Crippen molar-refractivity contribution in [2.24, 2.45) is 5.92 Å². The van der Waals surface area contributed by atoms with Gasteiger partial charge >= 0.3 is 0 Å². The van der Waals surface area contributed by atoms with Crippen LogP contribution in [0.2, 0.25) is 39.3 Å². The molecule has 0 amide bonds. The van der Waals surface area contributed by atoms with E-state index in [2.05, 4.69) is 149 Å². The lowest BCUT2D eigenvalue weighted by molar-refractivity contribution is 0.851. The summed E-state index contributed by atoms with van der Waals surface area (Å²) in [4.78, 5) is 0. The summed E-state index contributed by atoms with van der Waals surface area (Å²) in [5.74, 6) is 0.429. The smallest absolute Gasteiger partial charge is 0.0656 e. The van der Waals surface area contributed by atoms with Crippen molar-refractivity contribution in [1.82, 2.24) is 0 Å². The highest BCUT2D eigenvalue weighted by Crippen LogP contribution is 2.41. The van der Waals surface area contributed by atoms with Crippen molar-refractivity contribution in [3.8, 4) is 0 Å². The van der Waals surface area contributed by atoms with Gasteiger partial charge in [-0.1, -0.05) is 152 Å². The Bertz CT molecular complexity index is 1500. The van der Waals surface area contributed by atoms with Crippen molar-refractivity contribution in [3.63, 3.8) is 0 Å². The number of allylic oxidation sites excluding steroid dienone is 4. The normalized spacial score (nSPS) is 17.7. The highest BCUT2D eigenvalue weighted by Gasteiger charge is 2.49. The summed E-state index contributed by atoms with van der Waals surface area (Å²) in [6.07, 6.45) is 2.13. The molecule has 2 unspecified atom stereocenters. The van der Waals surface area contributed by atoms with Crippen molar-refractivity contribution >= 4 is 50.2 Å². The summed E-state index contributed by atoms with van der Waals surface area (Å²) in [6.45, 7) is 34.2. The number of hydrogen-bond donors (Lipinski definition) is 0. The number of aryl methyl sites for hydroxylation is 4. The Morgan fingerprint density at radius 3 is 1.29 bits per heavy atom. The van der Waals surface area contributed by atoms with E-state index in [0.717, 1.165) is 12.8 Å². The Kier molecular flexibility index (Phi) is 9.11. The molecule has 0 saturated heterocycles. The summed E-state index contributed by atoms with van der Waals surface area (Å²) in [6, 6.07) is 23.2. The van der Waals surface area contributed by atoms with E-state index in [-0.39, 0.29) is 0 Å². The van der Waals surface area contributed by atoms with Crippen LogP contribution < -0.4 is 25.9 Å². The van der Waals surface area contributed by atoms with E-state index in [1.54, 1.807) is 42.3 Å². The molecule has 3 aromatic carbocycles. The molecule has 1 aliphatic carbocycles. The van der Waals surface area contributed by atoms with Crippen LogP contribution in [0.5, 0.6) is 0 Å². The molecule has 1 aliphatic rings. The first-order chi connectivity index (χ1) is 19.4. The maximum absolute atomic E-state index is 2.71. The van der Waals surface area contributed by atoms with Crippen molar-refractivity contribution in [2.75, 3.05) is 0 Å². The van der Waals surface area contributed by atoms with Gasteiger partial charge in [-0.15, -0.1) is 0 Å². The van der Waals surface area contributed by atoms with Crippen LogP contribution in [0, 0.1) is 19.8 Å². The molecule has 2 atom stereocenters. The Morgan fingerprint density at radius 1 is 0.500 bits per heavy atom. The molecule has 0 heterocycles. The first kappa shape index (κ1) is 32.7. The first-order valence-electron chi connectivity index (χ1n) is 16.2. The maximum Gasteiger partial charge on any atom is 0.176 e. The zero-order valence-corrected chi connectivity index (χ0v) is 32.2. The highest BCUT2D eigenvalue weighted by atomic mass is 28.3. The van der Waals surface area contributed by atoms with E-state index >= 15 is 0 Å². The van der Waals surface area contributed by atoms with Crippen LogP contribution in [0.4, 0.5) is 0 Å². The largest absolute Gasteiger partial charge is 0.176 e.